The third-order valence-corrected chi connectivity index (χ3v) is 4.27. The zero-order chi connectivity index (χ0) is 15.5. The van der Waals surface area contributed by atoms with Crippen LogP contribution in [0.4, 0.5) is 0 Å². The highest BCUT2D eigenvalue weighted by Crippen LogP contribution is 2.11. The smallest absolute Gasteiger partial charge is 0.266 e. The van der Waals surface area contributed by atoms with Gasteiger partial charge in [-0.1, -0.05) is 19.1 Å². The maximum atomic E-state index is 12.1. The van der Waals surface area contributed by atoms with Gasteiger partial charge in [0, 0.05) is 0 Å². The van der Waals surface area contributed by atoms with Crippen molar-refractivity contribution in [1.29, 1.82) is 0 Å². The van der Waals surface area contributed by atoms with Gasteiger partial charge in [-0.25, -0.2) is 13.1 Å². The molecule has 0 aliphatic rings. The van der Waals surface area contributed by atoms with E-state index in [9.17, 15) is 13.2 Å². The van der Waals surface area contributed by atoms with Gasteiger partial charge >= 0.3 is 0 Å². The molecule has 1 aromatic heterocycles. The minimum Gasteiger partial charge on any atom is -0.266 e. The number of carbonyl (C=O) groups is 1. The Morgan fingerprint density at radius 1 is 1.24 bits per heavy atom. The molecule has 21 heavy (non-hydrogen) atoms. The second-order valence-corrected chi connectivity index (χ2v) is 6.03. The Morgan fingerprint density at radius 2 is 1.90 bits per heavy atom. The summed E-state index contributed by atoms with van der Waals surface area (Å²) < 4.78 is 26.2. The van der Waals surface area contributed by atoms with Crippen molar-refractivity contribution in [3.63, 3.8) is 0 Å². The molecule has 0 radical (unpaired) electrons. The lowest BCUT2D eigenvalue weighted by molar-refractivity contribution is 0.0975. The van der Waals surface area contributed by atoms with Gasteiger partial charge in [0.15, 0.2) is 5.69 Å². The molecule has 0 aliphatic heterocycles. The molecule has 7 nitrogen and oxygen atoms in total. The largest absolute Gasteiger partial charge is 0.287 e. The van der Waals surface area contributed by atoms with Crippen LogP contribution in [0.5, 0.6) is 0 Å². The standard InChI is InChI=1S/C13H16N4O3S/c1-3-10-5-7-11(8-6-10)21(19,20)16-13(18)12-9-14-17(4-2)15-12/h5-9H,3-4H2,1-2H3,(H,16,18). The van der Waals surface area contributed by atoms with Crippen molar-refractivity contribution in [2.24, 2.45) is 0 Å². The minimum absolute atomic E-state index is 0.0365. The number of carbonyl (C=O) groups excluding carboxylic acids is 1. The van der Waals surface area contributed by atoms with E-state index in [1.54, 1.807) is 12.1 Å². The van der Waals surface area contributed by atoms with Gasteiger partial charge in [-0.2, -0.15) is 9.90 Å². The van der Waals surface area contributed by atoms with Crippen LogP contribution in [0, 0.1) is 0 Å². The molecule has 1 N–H and O–H groups in total. The Morgan fingerprint density at radius 3 is 2.43 bits per heavy atom. The summed E-state index contributed by atoms with van der Waals surface area (Å²) in [7, 11) is -3.91. The lowest BCUT2D eigenvalue weighted by Gasteiger charge is -2.06. The normalized spacial score (nSPS) is 11.3. The molecule has 2 aromatic rings. The molecule has 0 fully saturated rings. The summed E-state index contributed by atoms with van der Waals surface area (Å²) in [4.78, 5) is 13.2. The van der Waals surface area contributed by atoms with E-state index in [-0.39, 0.29) is 10.6 Å². The van der Waals surface area contributed by atoms with Crippen LogP contribution in [0.2, 0.25) is 0 Å². The van der Waals surface area contributed by atoms with Crippen LogP contribution in [0.25, 0.3) is 0 Å². The molecule has 0 atom stereocenters. The van der Waals surface area contributed by atoms with Crippen LogP contribution in [0.3, 0.4) is 0 Å². The zero-order valence-electron chi connectivity index (χ0n) is 11.8. The number of hydrogen-bond acceptors (Lipinski definition) is 5. The number of nitrogens with zero attached hydrogens (tertiary/aromatic N) is 3. The first-order valence-electron chi connectivity index (χ1n) is 6.52. The Hall–Kier alpha value is -2.22. The molecule has 0 unspecified atom stereocenters. The number of aryl methyl sites for hydroxylation is 2. The Kier molecular flexibility index (Phi) is 4.37. The first-order valence-corrected chi connectivity index (χ1v) is 8.00. The fraction of sp³-hybridized carbons (Fsp3) is 0.308. The van der Waals surface area contributed by atoms with Crippen LogP contribution in [0.15, 0.2) is 35.4 Å². The fourth-order valence-electron chi connectivity index (χ4n) is 1.69. The number of rotatable bonds is 5. The van der Waals surface area contributed by atoms with Crippen LogP contribution < -0.4 is 4.72 Å². The maximum Gasteiger partial charge on any atom is 0.287 e. The summed E-state index contributed by atoms with van der Waals surface area (Å²) >= 11 is 0. The average Bonchev–Trinajstić information content (AvgIpc) is 2.96. The van der Waals surface area contributed by atoms with E-state index >= 15 is 0 Å². The highest BCUT2D eigenvalue weighted by Gasteiger charge is 2.20. The van der Waals surface area contributed by atoms with Crippen LogP contribution in [-0.4, -0.2) is 29.3 Å². The van der Waals surface area contributed by atoms with Crippen molar-refractivity contribution in [2.75, 3.05) is 0 Å². The molecule has 1 aromatic carbocycles. The van der Waals surface area contributed by atoms with Gasteiger partial charge in [-0.3, -0.25) is 4.79 Å². The number of hydrogen-bond donors (Lipinski definition) is 1. The van der Waals surface area contributed by atoms with E-state index in [0.29, 0.717) is 6.54 Å². The van der Waals surface area contributed by atoms with Crippen molar-refractivity contribution in [3.8, 4) is 0 Å². The second-order valence-electron chi connectivity index (χ2n) is 4.35. The highest BCUT2D eigenvalue weighted by molar-refractivity contribution is 7.90. The van der Waals surface area contributed by atoms with Gasteiger partial charge in [0.2, 0.25) is 0 Å². The van der Waals surface area contributed by atoms with Crippen LogP contribution in [-0.2, 0) is 23.0 Å². The predicted molar refractivity (Wildman–Crippen MR) is 76.2 cm³/mol. The summed E-state index contributed by atoms with van der Waals surface area (Å²) in [5, 5.41) is 7.69. The molecule has 112 valence electrons. The Balaban J connectivity index is 2.17. The molecule has 0 spiro atoms. The van der Waals surface area contributed by atoms with Gasteiger partial charge < -0.3 is 0 Å². The van der Waals surface area contributed by atoms with E-state index in [0.717, 1.165) is 12.0 Å². The highest BCUT2D eigenvalue weighted by atomic mass is 32.2. The predicted octanol–water partition coefficient (Wildman–Crippen LogP) is 0.979. The molecule has 8 heteroatoms. The lowest BCUT2D eigenvalue weighted by atomic mass is 10.2. The van der Waals surface area contributed by atoms with E-state index in [4.69, 9.17) is 0 Å². The first-order chi connectivity index (χ1) is 9.96. The third-order valence-electron chi connectivity index (χ3n) is 2.92. The zero-order valence-corrected chi connectivity index (χ0v) is 12.6. The topological polar surface area (TPSA) is 94.0 Å². The third kappa shape index (κ3) is 3.46. The van der Waals surface area contributed by atoms with Gasteiger partial charge in [-0.05, 0) is 31.0 Å². The molecule has 0 saturated carbocycles. The van der Waals surface area contributed by atoms with E-state index in [1.807, 2.05) is 18.6 Å². The summed E-state index contributed by atoms with van der Waals surface area (Å²) in [5.74, 6) is -0.797. The van der Waals surface area contributed by atoms with E-state index < -0.39 is 15.9 Å². The molecule has 2 rings (SSSR count). The first kappa shape index (κ1) is 15.2. The van der Waals surface area contributed by atoms with Gasteiger partial charge in [0.1, 0.15) is 0 Å². The quantitative estimate of drug-likeness (QED) is 0.888. The van der Waals surface area contributed by atoms with Crippen molar-refractivity contribution in [2.45, 2.75) is 31.7 Å². The summed E-state index contributed by atoms with van der Waals surface area (Å²) in [5.41, 5.74) is 0.983. The summed E-state index contributed by atoms with van der Waals surface area (Å²) in [6, 6.07) is 6.37. The fourth-order valence-corrected chi connectivity index (χ4v) is 2.65. The second kappa shape index (κ2) is 6.04. The van der Waals surface area contributed by atoms with Gasteiger partial charge in [0.05, 0.1) is 17.6 Å². The number of amides is 1. The molecular formula is C13H16N4O3S. The van der Waals surface area contributed by atoms with Crippen molar-refractivity contribution in [1.82, 2.24) is 19.7 Å². The lowest BCUT2D eigenvalue weighted by Crippen LogP contribution is -2.31. The molecule has 0 aliphatic carbocycles. The number of nitrogens with one attached hydrogen (secondary N) is 1. The Labute approximate surface area is 123 Å². The van der Waals surface area contributed by atoms with Crippen molar-refractivity contribution < 1.29 is 13.2 Å². The number of benzene rings is 1. The van der Waals surface area contributed by atoms with Crippen LogP contribution >= 0.6 is 0 Å². The molecule has 0 bridgehead atoms. The van der Waals surface area contributed by atoms with Gasteiger partial charge in [0.25, 0.3) is 15.9 Å². The monoisotopic (exact) mass is 308 g/mol. The molecular weight excluding hydrogens is 292 g/mol. The maximum absolute atomic E-state index is 12.1. The SMILES string of the molecule is CCc1ccc(S(=O)(=O)NC(=O)c2cnn(CC)n2)cc1. The number of aromatic nitrogens is 3. The average molecular weight is 308 g/mol. The molecule has 1 amide bonds. The summed E-state index contributed by atoms with van der Waals surface area (Å²) in [6.07, 6.45) is 2.04. The van der Waals surface area contributed by atoms with E-state index in [1.165, 1.54) is 23.1 Å². The number of sulfonamides is 1. The molecule has 1 heterocycles. The minimum atomic E-state index is -3.91. The molecule has 0 saturated heterocycles. The van der Waals surface area contributed by atoms with Crippen molar-refractivity contribution in [3.05, 3.63) is 41.7 Å². The van der Waals surface area contributed by atoms with E-state index in [2.05, 4.69) is 10.2 Å². The Bertz CT molecular complexity index is 735. The van der Waals surface area contributed by atoms with Gasteiger partial charge in [-0.15, -0.1) is 5.10 Å². The van der Waals surface area contributed by atoms with Crippen molar-refractivity contribution >= 4 is 15.9 Å². The summed E-state index contributed by atoms with van der Waals surface area (Å²) in [6.45, 7) is 4.29. The van der Waals surface area contributed by atoms with Crippen LogP contribution in [0.1, 0.15) is 29.9 Å².